The Balaban J connectivity index is 1.56. The van der Waals surface area contributed by atoms with Crippen molar-refractivity contribution in [3.63, 3.8) is 0 Å². The van der Waals surface area contributed by atoms with Gasteiger partial charge in [0.1, 0.15) is 0 Å². The third-order valence-corrected chi connectivity index (χ3v) is 7.55. The number of imide groups is 1. The van der Waals surface area contributed by atoms with Gasteiger partial charge in [-0.25, -0.2) is 0 Å². The van der Waals surface area contributed by atoms with E-state index in [1.54, 1.807) is 12.1 Å². The van der Waals surface area contributed by atoms with Crippen molar-refractivity contribution in [1.29, 1.82) is 0 Å². The molecule has 0 N–H and O–H groups in total. The van der Waals surface area contributed by atoms with Gasteiger partial charge in [0.05, 0.1) is 21.3 Å². The van der Waals surface area contributed by atoms with E-state index >= 15 is 0 Å². The van der Waals surface area contributed by atoms with Crippen molar-refractivity contribution in [1.82, 2.24) is 4.90 Å². The second kappa shape index (κ2) is 10.1. The first kappa shape index (κ1) is 23.5. The number of hydrogen-bond donors (Lipinski definition) is 0. The predicted octanol–water partition coefficient (Wildman–Crippen LogP) is 6.90. The molecule has 1 heterocycles. The SMILES string of the molecule is Cc1ccc(Sc2ccc(C=C3SC(=O)N(Cc4ccc(I)cc4)C3=O)cc2[N+](=O)[O-])cc1. The average Bonchev–Trinajstić information content (AvgIpc) is 3.05. The van der Waals surface area contributed by atoms with Gasteiger partial charge in [-0.2, -0.15) is 0 Å². The van der Waals surface area contributed by atoms with E-state index in [9.17, 15) is 19.7 Å². The third kappa shape index (κ3) is 5.66. The molecule has 1 saturated heterocycles. The zero-order valence-corrected chi connectivity index (χ0v) is 21.1. The van der Waals surface area contributed by atoms with Crippen LogP contribution >= 0.6 is 46.1 Å². The summed E-state index contributed by atoms with van der Waals surface area (Å²) in [4.78, 5) is 39.3. The van der Waals surface area contributed by atoms with Gasteiger partial charge in [0, 0.05) is 14.5 Å². The maximum Gasteiger partial charge on any atom is 0.293 e. The Morgan fingerprint density at radius 2 is 1.76 bits per heavy atom. The molecule has 3 aromatic rings. The average molecular weight is 588 g/mol. The summed E-state index contributed by atoms with van der Waals surface area (Å²) in [5.41, 5.74) is 2.41. The summed E-state index contributed by atoms with van der Waals surface area (Å²) in [6.45, 7) is 2.17. The van der Waals surface area contributed by atoms with Crippen LogP contribution in [0.5, 0.6) is 0 Å². The molecule has 3 aromatic carbocycles. The molecule has 0 radical (unpaired) electrons. The van der Waals surface area contributed by atoms with E-state index in [4.69, 9.17) is 0 Å². The first-order valence-electron chi connectivity index (χ1n) is 9.83. The monoisotopic (exact) mass is 588 g/mol. The highest BCUT2D eigenvalue weighted by Crippen LogP contribution is 2.38. The molecule has 166 valence electrons. The standard InChI is InChI=1S/C24H17IN2O4S2/c1-15-2-9-19(10-3-15)32-21-11-6-17(12-20(21)27(30)31)13-22-23(28)26(24(29)33-22)14-16-4-7-18(25)8-5-16/h2-13H,14H2,1H3. The zero-order chi connectivity index (χ0) is 23.5. The number of carbonyl (C=O) groups excluding carboxylic acids is 2. The van der Waals surface area contributed by atoms with Gasteiger partial charge in [-0.3, -0.25) is 24.6 Å². The van der Waals surface area contributed by atoms with Crippen molar-refractivity contribution >= 4 is 69.0 Å². The number of rotatable bonds is 6. The van der Waals surface area contributed by atoms with Crippen molar-refractivity contribution in [3.05, 3.63) is 102 Å². The van der Waals surface area contributed by atoms with Crippen molar-refractivity contribution in [2.75, 3.05) is 0 Å². The summed E-state index contributed by atoms with van der Waals surface area (Å²) in [7, 11) is 0. The van der Waals surface area contributed by atoms with Crippen molar-refractivity contribution < 1.29 is 14.5 Å². The molecule has 0 bridgehead atoms. The Morgan fingerprint density at radius 1 is 1.06 bits per heavy atom. The first-order chi connectivity index (χ1) is 15.8. The van der Waals surface area contributed by atoms with Crippen LogP contribution in [-0.2, 0) is 11.3 Å². The lowest BCUT2D eigenvalue weighted by Gasteiger charge is -2.12. The number of nitrogens with zero attached hydrogens (tertiary/aromatic N) is 2. The zero-order valence-electron chi connectivity index (χ0n) is 17.4. The number of thioether (sulfide) groups is 1. The van der Waals surface area contributed by atoms with Crippen LogP contribution in [0.3, 0.4) is 0 Å². The van der Waals surface area contributed by atoms with Crippen LogP contribution in [0.4, 0.5) is 10.5 Å². The number of hydrogen-bond acceptors (Lipinski definition) is 6. The summed E-state index contributed by atoms with van der Waals surface area (Å²) < 4.78 is 1.07. The van der Waals surface area contributed by atoms with Crippen molar-refractivity contribution in [3.8, 4) is 0 Å². The number of nitro groups is 1. The number of carbonyl (C=O) groups is 2. The van der Waals surface area contributed by atoms with E-state index < -0.39 is 10.8 Å². The number of amides is 2. The Morgan fingerprint density at radius 3 is 2.42 bits per heavy atom. The molecule has 4 rings (SSSR count). The molecule has 0 aliphatic carbocycles. The van der Waals surface area contributed by atoms with Gasteiger partial charge < -0.3 is 0 Å². The van der Waals surface area contributed by atoms with Gasteiger partial charge in [-0.15, -0.1) is 0 Å². The molecular weight excluding hydrogens is 571 g/mol. The molecule has 9 heteroatoms. The van der Waals surface area contributed by atoms with E-state index in [1.165, 1.54) is 28.8 Å². The van der Waals surface area contributed by atoms with E-state index in [1.807, 2.05) is 55.5 Å². The Labute approximate surface area is 212 Å². The normalized spacial score (nSPS) is 14.8. The quantitative estimate of drug-likeness (QED) is 0.135. The van der Waals surface area contributed by atoms with Crippen LogP contribution in [0.1, 0.15) is 16.7 Å². The van der Waals surface area contributed by atoms with Crippen LogP contribution in [0.15, 0.2) is 81.4 Å². The largest absolute Gasteiger partial charge is 0.293 e. The Bertz CT molecular complexity index is 1270. The van der Waals surface area contributed by atoms with Crippen LogP contribution in [0, 0.1) is 20.6 Å². The summed E-state index contributed by atoms with van der Waals surface area (Å²) >= 11 is 4.34. The third-order valence-electron chi connectivity index (χ3n) is 4.85. The lowest BCUT2D eigenvalue weighted by Crippen LogP contribution is -2.27. The summed E-state index contributed by atoms with van der Waals surface area (Å²) in [5, 5.41) is 11.3. The minimum Gasteiger partial charge on any atom is -0.268 e. The van der Waals surface area contributed by atoms with Crippen LogP contribution in [0.25, 0.3) is 6.08 Å². The van der Waals surface area contributed by atoms with Gasteiger partial charge in [-0.05, 0) is 88.8 Å². The number of nitro benzene ring substituents is 1. The van der Waals surface area contributed by atoms with Gasteiger partial charge in [0.15, 0.2) is 0 Å². The second-order valence-electron chi connectivity index (χ2n) is 7.29. The molecule has 0 saturated carbocycles. The van der Waals surface area contributed by atoms with E-state index in [-0.39, 0.29) is 22.4 Å². The first-order valence-corrected chi connectivity index (χ1v) is 12.5. The minimum absolute atomic E-state index is 0.0487. The van der Waals surface area contributed by atoms with Gasteiger partial charge in [0.2, 0.25) is 0 Å². The molecule has 0 unspecified atom stereocenters. The molecule has 33 heavy (non-hydrogen) atoms. The molecule has 1 fully saturated rings. The predicted molar refractivity (Wildman–Crippen MR) is 139 cm³/mol. The number of benzene rings is 3. The number of aryl methyl sites for hydroxylation is 1. The molecule has 0 atom stereocenters. The minimum atomic E-state index is -0.434. The van der Waals surface area contributed by atoms with Gasteiger partial charge >= 0.3 is 0 Å². The van der Waals surface area contributed by atoms with Gasteiger partial charge in [0.25, 0.3) is 16.8 Å². The maximum absolute atomic E-state index is 12.8. The molecule has 6 nitrogen and oxygen atoms in total. The molecular formula is C24H17IN2O4S2. The van der Waals surface area contributed by atoms with E-state index in [0.29, 0.717) is 10.5 Å². The summed E-state index contributed by atoms with van der Waals surface area (Å²) in [6, 6.07) is 20.2. The topological polar surface area (TPSA) is 80.5 Å². The Hall–Kier alpha value is -2.63. The summed E-state index contributed by atoms with van der Waals surface area (Å²) in [5.74, 6) is -0.399. The van der Waals surface area contributed by atoms with E-state index in [0.717, 1.165) is 31.4 Å². The molecule has 1 aliphatic heterocycles. The fourth-order valence-corrected chi connectivity index (χ4v) is 5.24. The molecule has 2 amide bonds. The maximum atomic E-state index is 12.8. The fraction of sp³-hybridized carbons (Fsp3) is 0.0833. The van der Waals surface area contributed by atoms with Crippen LogP contribution in [-0.4, -0.2) is 21.0 Å². The summed E-state index contributed by atoms with van der Waals surface area (Å²) in [6.07, 6.45) is 1.53. The number of halogens is 1. The molecule has 0 aromatic heterocycles. The smallest absolute Gasteiger partial charge is 0.268 e. The van der Waals surface area contributed by atoms with Crippen molar-refractivity contribution in [2.45, 2.75) is 23.3 Å². The highest BCUT2D eigenvalue weighted by molar-refractivity contribution is 14.1. The van der Waals surface area contributed by atoms with Crippen molar-refractivity contribution in [2.24, 2.45) is 0 Å². The molecule has 1 aliphatic rings. The fourth-order valence-electron chi connectivity index (χ4n) is 3.15. The lowest BCUT2D eigenvalue weighted by atomic mass is 10.1. The lowest BCUT2D eigenvalue weighted by molar-refractivity contribution is -0.387. The highest BCUT2D eigenvalue weighted by atomic mass is 127. The van der Waals surface area contributed by atoms with Crippen LogP contribution in [0.2, 0.25) is 0 Å². The molecule has 0 spiro atoms. The second-order valence-corrected chi connectivity index (χ2v) is 10.6. The van der Waals surface area contributed by atoms with E-state index in [2.05, 4.69) is 22.6 Å². The highest BCUT2D eigenvalue weighted by Gasteiger charge is 2.35. The van der Waals surface area contributed by atoms with Crippen LogP contribution < -0.4 is 0 Å². The van der Waals surface area contributed by atoms with Gasteiger partial charge in [-0.1, -0.05) is 47.7 Å². The Kier molecular flexibility index (Phi) is 7.20.